The first kappa shape index (κ1) is 21.7. The first-order valence-electron chi connectivity index (χ1n) is 11.3. The normalized spacial score (nSPS) is 14.0. The van der Waals surface area contributed by atoms with Crippen LogP contribution in [0.15, 0.2) is 70.1 Å². The Morgan fingerprint density at radius 3 is 2.50 bits per heavy atom. The molecule has 0 bridgehead atoms. The molecule has 1 aliphatic rings. The topological polar surface area (TPSA) is 101 Å². The predicted molar refractivity (Wildman–Crippen MR) is 129 cm³/mol. The zero-order valence-corrected chi connectivity index (χ0v) is 18.6. The van der Waals surface area contributed by atoms with Crippen molar-refractivity contribution in [3.05, 3.63) is 71.3 Å². The first-order valence-corrected chi connectivity index (χ1v) is 11.3. The second-order valence-electron chi connectivity index (χ2n) is 8.26. The monoisotopic (exact) mass is 459 g/mol. The molecule has 34 heavy (non-hydrogen) atoms. The number of anilines is 1. The summed E-state index contributed by atoms with van der Waals surface area (Å²) >= 11 is 0. The van der Waals surface area contributed by atoms with Gasteiger partial charge in [0.1, 0.15) is 17.6 Å². The third-order valence-electron chi connectivity index (χ3n) is 6.08. The molecule has 5 rings (SSSR count). The van der Waals surface area contributed by atoms with E-state index >= 15 is 0 Å². The van der Waals surface area contributed by atoms with E-state index in [-0.39, 0.29) is 36.9 Å². The summed E-state index contributed by atoms with van der Waals surface area (Å²) in [4.78, 5) is 46.0. The van der Waals surface area contributed by atoms with E-state index in [0.717, 1.165) is 24.2 Å². The minimum Gasteiger partial charge on any atom is -0.448 e. The maximum Gasteiger partial charge on any atom is 0.297 e. The Bertz CT molecular complexity index is 1390. The summed E-state index contributed by atoms with van der Waals surface area (Å²) in [5.74, 6) is -0.350. The number of furan rings is 1. The summed E-state index contributed by atoms with van der Waals surface area (Å²) in [7, 11) is 0. The summed E-state index contributed by atoms with van der Waals surface area (Å²) in [6.07, 6.45) is 1.57. The maximum absolute atomic E-state index is 12.7. The molecule has 4 aromatic rings. The van der Waals surface area contributed by atoms with Crippen molar-refractivity contribution in [1.29, 1.82) is 0 Å². The van der Waals surface area contributed by atoms with Gasteiger partial charge in [-0.05, 0) is 24.3 Å². The fourth-order valence-corrected chi connectivity index (χ4v) is 4.26. The van der Waals surface area contributed by atoms with Crippen LogP contribution in [0.25, 0.3) is 22.1 Å². The van der Waals surface area contributed by atoms with Gasteiger partial charge in [0, 0.05) is 50.2 Å². The molecule has 2 aromatic heterocycles. The smallest absolute Gasteiger partial charge is 0.297 e. The lowest BCUT2D eigenvalue weighted by atomic mass is 10.2. The summed E-state index contributed by atoms with van der Waals surface area (Å²) in [5.41, 5.74) is 1.93. The largest absolute Gasteiger partial charge is 0.448 e. The van der Waals surface area contributed by atoms with Crippen molar-refractivity contribution in [3.63, 3.8) is 0 Å². The number of carbonyl (C=O) groups is 2. The van der Waals surface area contributed by atoms with E-state index in [1.54, 1.807) is 6.07 Å². The van der Waals surface area contributed by atoms with E-state index in [1.807, 2.05) is 41.3 Å². The SMILES string of the molecule is O=C(Cn1cnc2c(oc3ccccc32)c1=O)NCCC(=O)N1CCN(c2ccccc2)CC1. The van der Waals surface area contributed by atoms with Crippen LogP contribution < -0.4 is 15.8 Å². The Hall–Kier alpha value is -4.14. The fraction of sp³-hybridized carbons (Fsp3) is 0.280. The van der Waals surface area contributed by atoms with Gasteiger partial charge in [0.05, 0.1) is 6.33 Å². The van der Waals surface area contributed by atoms with Crippen LogP contribution in [0.5, 0.6) is 0 Å². The molecule has 1 aliphatic heterocycles. The lowest BCUT2D eigenvalue weighted by Gasteiger charge is -2.36. The van der Waals surface area contributed by atoms with Gasteiger partial charge < -0.3 is 19.5 Å². The molecule has 0 atom stereocenters. The van der Waals surface area contributed by atoms with Crippen LogP contribution in [0.1, 0.15) is 6.42 Å². The van der Waals surface area contributed by atoms with Crippen molar-refractivity contribution in [1.82, 2.24) is 19.8 Å². The number of nitrogens with zero attached hydrogens (tertiary/aromatic N) is 4. The van der Waals surface area contributed by atoms with Crippen molar-refractivity contribution in [2.24, 2.45) is 0 Å². The zero-order chi connectivity index (χ0) is 23.5. The molecule has 0 radical (unpaired) electrons. The molecule has 0 unspecified atom stereocenters. The van der Waals surface area contributed by atoms with Crippen LogP contribution in [0.4, 0.5) is 5.69 Å². The molecular formula is C25H25N5O4. The summed E-state index contributed by atoms with van der Waals surface area (Å²) in [6.45, 7) is 2.89. The Morgan fingerprint density at radius 1 is 0.971 bits per heavy atom. The van der Waals surface area contributed by atoms with Gasteiger partial charge in [-0.2, -0.15) is 0 Å². The van der Waals surface area contributed by atoms with Crippen LogP contribution in [0, 0.1) is 0 Å². The number of nitrogens with one attached hydrogen (secondary N) is 1. The Balaban J connectivity index is 1.12. The van der Waals surface area contributed by atoms with Crippen LogP contribution >= 0.6 is 0 Å². The van der Waals surface area contributed by atoms with Gasteiger partial charge >= 0.3 is 0 Å². The molecule has 0 spiro atoms. The lowest BCUT2D eigenvalue weighted by Crippen LogP contribution is -2.49. The number of aromatic nitrogens is 2. The quantitative estimate of drug-likeness (QED) is 0.473. The molecule has 2 aromatic carbocycles. The van der Waals surface area contributed by atoms with Crippen molar-refractivity contribution in [3.8, 4) is 0 Å². The second-order valence-corrected chi connectivity index (χ2v) is 8.26. The van der Waals surface area contributed by atoms with E-state index in [4.69, 9.17) is 4.42 Å². The lowest BCUT2D eigenvalue weighted by molar-refractivity contribution is -0.131. The molecule has 1 saturated heterocycles. The fourth-order valence-electron chi connectivity index (χ4n) is 4.26. The molecule has 9 heteroatoms. The molecular weight excluding hydrogens is 434 g/mol. The average molecular weight is 460 g/mol. The summed E-state index contributed by atoms with van der Waals surface area (Å²) < 4.78 is 6.85. The molecule has 1 fully saturated rings. The zero-order valence-electron chi connectivity index (χ0n) is 18.6. The molecule has 0 aliphatic carbocycles. The number of para-hydroxylation sites is 2. The number of carbonyl (C=O) groups excluding carboxylic acids is 2. The first-order chi connectivity index (χ1) is 16.6. The highest BCUT2D eigenvalue weighted by Crippen LogP contribution is 2.24. The van der Waals surface area contributed by atoms with Crippen molar-refractivity contribution < 1.29 is 14.0 Å². The number of rotatable bonds is 6. The van der Waals surface area contributed by atoms with Crippen molar-refractivity contribution in [2.45, 2.75) is 13.0 Å². The molecule has 2 amide bonds. The number of benzene rings is 2. The van der Waals surface area contributed by atoms with Gasteiger partial charge in [-0.25, -0.2) is 4.98 Å². The molecule has 174 valence electrons. The molecule has 1 N–H and O–H groups in total. The van der Waals surface area contributed by atoms with Gasteiger partial charge in [0.15, 0.2) is 0 Å². The third-order valence-corrected chi connectivity index (χ3v) is 6.08. The number of hydrogen-bond acceptors (Lipinski definition) is 6. The molecule has 9 nitrogen and oxygen atoms in total. The maximum atomic E-state index is 12.7. The number of amides is 2. The number of hydrogen-bond donors (Lipinski definition) is 1. The highest BCUT2D eigenvalue weighted by molar-refractivity contribution is 6.01. The van der Waals surface area contributed by atoms with Gasteiger partial charge in [0.2, 0.25) is 17.4 Å². The third kappa shape index (κ3) is 4.36. The van der Waals surface area contributed by atoms with E-state index in [0.29, 0.717) is 24.2 Å². The number of piperazine rings is 1. The molecule has 3 heterocycles. The van der Waals surface area contributed by atoms with E-state index < -0.39 is 5.56 Å². The van der Waals surface area contributed by atoms with E-state index in [1.165, 1.54) is 10.9 Å². The predicted octanol–water partition coefficient (Wildman–Crippen LogP) is 2.00. The van der Waals surface area contributed by atoms with E-state index in [2.05, 4.69) is 27.3 Å². The van der Waals surface area contributed by atoms with E-state index in [9.17, 15) is 14.4 Å². The van der Waals surface area contributed by atoms with Gasteiger partial charge in [-0.3, -0.25) is 19.0 Å². The Kier molecular flexibility index (Phi) is 5.99. The number of fused-ring (bicyclic) bond motifs is 3. The van der Waals surface area contributed by atoms with Crippen molar-refractivity contribution >= 4 is 39.6 Å². The highest BCUT2D eigenvalue weighted by Gasteiger charge is 2.21. The van der Waals surface area contributed by atoms with Gasteiger partial charge in [-0.15, -0.1) is 0 Å². The van der Waals surface area contributed by atoms with Crippen LogP contribution in [-0.4, -0.2) is 59.0 Å². The summed E-state index contributed by atoms with van der Waals surface area (Å²) in [6, 6.07) is 17.4. The summed E-state index contributed by atoms with van der Waals surface area (Å²) in [5, 5.41) is 3.48. The average Bonchev–Trinajstić information content (AvgIpc) is 3.26. The van der Waals surface area contributed by atoms with Crippen LogP contribution in [0.2, 0.25) is 0 Å². The van der Waals surface area contributed by atoms with Crippen LogP contribution in [0.3, 0.4) is 0 Å². The minimum absolute atomic E-state index is 0.00976. The Labute approximate surface area is 195 Å². The second kappa shape index (κ2) is 9.38. The molecule has 0 saturated carbocycles. The standard InChI is InChI=1S/C25H25N5O4/c31-21(16-30-17-27-23-19-8-4-5-9-20(19)34-24(23)25(30)33)26-11-10-22(32)29-14-12-28(13-15-29)18-6-2-1-3-7-18/h1-9,17H,10-16H2,(H,26,31). The van der Waals surface area contributed by atoms with Gasteiger partial charge in [-0.1, -0.05) is 30.3 Å². The Morgan fingerprint density at radius 2 is 1.71 bits per heavy atom. The van der Waals surface area contributed by atoms with Crippen LogP contribution in [-0.2, 0) is 16.1 Å². The highest BCUT2D eigenvalue weighted by atomic mass is 16.3. The van der Waals surface area contributed by atoms with Gasteiger partial charge in [0.25, 0.3) is 5.56 Å². The van der Waals surface area contributed by atoms with Crippen molar-refractivity contribution in [2.75, 3.05) is 37.6 Å². The minimum atomic E-state index is -0.413.